The van der Waals surface area contributed by atoms with Crippen molar-refractivity contribution in [3.63, 3.8) is 0 Å². The molecule has 1 aliphatic rings. The first-order valence-corrected chi connectivity index (χ1v) is 4.72. The van der Waals surface area contributed by atoms with Gasteiger partial charge >= 0.3 is 0 Å². The van der Waals surface area contributed by atoms with Crippen molar-refractivity contribution < 1.29 is 0 Å². The lowest BCUT2D eigenvalue weighted by Gasteiger charge is -2.24. The third-order valence-electron chi connectivity index (χ3n) is 2.63. The first-order valence-electron chi connectivity index (χ1n) is 4.72. The molecule has 64 valence electrons. The Labute approximate surface area is 69.7 Å². The van der Waals surface area contributed by atoms with E-state index in [0.29, 0.717) is 0 Å². The van der Waals surface area contributed by atoms with Gasteiger partial charge in [-0.1, -0.05) is 18.6 Å². The third kappa shape index (κ3) is 2.66. The summed E-state index contributed by atoms with van der Waals surface area (Å²) in [5, 5.41) is 0. The van der Waals surface area contributed by atoms with Gasteiger partial charge in [0.05, 0.1) is 0 Å². The molecule has 0 spiro atoms. The molecule has 0 aromatic carbocycles. The molecule has 1 nitrogen and oxygen atoms in total. The van der Waals surface area contributed by atoms with Crippen LogP contribution in [0.2, 0.25) is 0 Å². The van der Waals surface area contributed by atoms with Crippen molar-refractivity contribution in [2.24, 2.45) is 11.7 Å². The van der Waals surface area contributed by atoms with Crippen molar-refractivity contribution in [2.75, 3.05) is 6.54 Å². The molecular formula is C10H19N. The maximum absolute atomic E-state index is 5.46. The molecule has 0 aromatic heterocycles. The Hall–Kier alpha value is -0.300. The molecule has 2 N–H and O–H groups in total. The number of allylic oxidation sites excluding steroid dienone is 1. The lowest BCUT2D eigenvalue weighted by atomic mass is 9.82. The lowest BCUT2D eigenvalue weighted by Crippen LogP contribution is -2.11. The van der Waals surface area contributed by atoms with Crippen molar-refractivity contribution in [1.82, 2.24) is 0 Å². The van der Waals surface area contributed by atoms with E-state index in [1.165, 1.54) is 44.1 Å². The molecule has 0 heterocycles. The molecule has 11 heavy (non-hydrogen) atoms. The molecule has 0 aromatic rings. The fourth-order valence-electron chi connectivity index (χ4n) is 1.86. The van der Waals surface area contributed by atoms with E-state index >= 15 is 0 Å². The zero-order valence-corrected chi connectivity index (χ0v) is 7.31. The molecule has 1 unspecified atom stereocenters. The summed E-state index contributed by atoms with van der Waals surface area (Å²) >= 11 is 0. The summed E-state index contributed by atoms with van der Waals surface area (Å²) in [4.78, 5) is 0. The topological polar surface area (TPSA) is 26.0 Å². The van der Waals surface area contributed by atoms with Crippen LogP contribution in [0.15, 0.2) is 12.2 Å². The second-order valence-corrected chi connectivity index (χ2v) is 3.53. The van der Waals surface area contributed by atoms with E-state index in [1.807, 2.05) is 0 Å². The van der Waals surface area contributed by atoms with Gasteiger partial charge in [-0.2, -0.15) is 0 Å². The van der Waals surface area contributed by atoms with Crippen LogP contribution in [0.25, 0.3) is 0 Å². The predicted molar refractivity (Wildman–Crippen MR) is 49.4 cm³/mol. The summed E-state index contributed by atoms with van der Waals surface area (Å²) in [5.74, 6) is 0.798. The molecule has 1 aliphatic carbocycles. The monoisotopic (exact) mass is 153 g/mol. The minimum atomic E-state index is 0.798. The summed E-state index contributed by atoms with van der Waals surface area (Å²) in [7, 11) is 0. The highest BCUT2D eigenvalue weighted by molar-refractivity contribution is 5.03. The fraction of sp³-hybridized carbons (Fsp3) is 0.800. The second kappa shape index (κ2) is 4.55. The molecule has 0 aliphatic heterocycles. The number of rotatable bonds is 3. The first kappa shape index (κ1) is 8.79. The van der Waals surface area contributed by atoms with Gasteiger partial charge in [0, 0.05) is 0 Å². The van der Waals surface area contributed by atoms with Crippen molar-refractivity contribution in [2.45, 2.75) is 38.5 Å². The molecule has 1 fully saturated rings. The number of nitrogens with two attached hydrogens (primary N) is 1. The SMILES string of the molecule is C=C1CCCCC1CCCN. The molecule has 1 saturated carbocycles. The summed E-state index contributed by atoms with van der Waals surface area (Å²) in [6.07, 6.45) is 7.82. The molecule has 1 rings (SSSR count). The standard InChI is InChI=1S/C10H19N/c1-9-5-2-3-6-10(9)7-4-8-11/h10H,1-8,11H2. The normalized spacial score (nSPS) is 25.5. The van der Waals surface area contributed by atoms with Crippen LogP contribution in [0.4, 0.5) is 0 Å². The fourth-order valence-corrected chi connectivity index (χ4v) is 1.86. The van der Waals surface area contributed by atoms with E-state index in [-0.39, 0.29) is 0 Å². The third-order valence-corrected chi connectivity index (χ3v) is 2.63. The Morgan fingerprint density at radius 2 is 2.27 bits per heavy atom. The van der Waals surface area contributed by atoms with Crippen LogP contribution >= 0.6 is 0 Å². The minimum Gasteiger partial charge on any atom is -0.330 e. The van der Waals surface area contributed by atoms with Crippen LogP contribution in [0.3, 0.4) is 0 Å². The zero-order valence-electron chi connectivity index (χ0n) is 7.31. The van der Waals surface area contributed by atoms with Gasteiger partial charge in [-0.15, -0.1) is 0 Å². The predicted octanol–water partition coefficient (Wildman–Crippen LogP) is 2.47. The molecule has 1 atom stereocenters. The van der Waals surface area contributed by atoms with Gasteiger partial charge in [-0.05, 0) is 44.6 Å². The Bertz CT molecular complexity index is 129. The highest BCUT2D eigenvalue weighted by atomic mass is 14.5. The summed E-state index contributed by atoms with van der Waals surface area (Å²) in [6.45, 7) is 4.94. The maximum Gasteiger partial charge on any atom is -0.00771 e. The number of hydrogen-bond donors (Lipinski definition) is 1. The van der Waals surface area contributed by atoms with E-state index in [1.54, 1.807) is 0 Å². The van der Waals surface area contributed by atoms with Gasteiger partial charge in [-0.3, -0.25) is 0 Å². The van der Waals surface area contributed by atoms with E-state index in [9.17, 15) is 0 Å². The average molecular weight is 153 g/mol. The van der Waals surface area contributed by atoms with Crippen LogP contribution in [-0.2, 0) is 0 Å². The largest absolute Gasteiger partial charge is 0.330 e. The summed E-state index contributed by atoms with van der Waals surface area (Å²) in [5.41, 5.74) is 6.94. The van der Waals surface area contributed by atoms with Crippen molar-refractivity contribution in [3.05, 3.63) is 12.2 Å². The summed E-state index contributed by atoms with van der Waals surface area (Å²) < 4.78 is 0. The lowest BCUT2D eigenvalue weighted by molar-refractivity contribution is 0.422. The van der Waals surface area contributed by atoms with Gasteiger partial charge in [0.2, 0.25) is 0 Å². The van der Waals surface area contributed by atoms with Gasteiger partial charge in [0.25, 0.3) is 0 Å². The van der Waals surface area contributed by atoms with Crippen molar-refractivity contribution in [1.29, 1.82) is 0 Å². The second-order valence-electron chi connectivity index (χ2n) is 3.53. The van der Waals surface area contributed by atoms with E-state index in [0.717, 1.165) is 12.5 Å². The van der Waals surface area contributed by atoms with Crippen molar-refractivity contribution >= 4 is 0 Å². The van der Waals surface area contributed by atoms with E-state index in [4.69, 9.17) is 5.73 Å². The Balaban J connectivity index is 2.24. The van der Waals surface area contributed by atoms with Crippen LogP contribution < -0.4 is 5.73 Å². The highest BCUT2D eigenvalue weighted by Gasteiger charge is 2.15. The molecule has 0 saturated heterocycles. The first-order chi connectivity index (χ1) is 5.34. The molecular weight excluding hydrogens is 134 g/mol. The zero-order chi connectivity index (χ0) is 8.10. The highest BCUT2D eigenvalue weighted by Crippen LogP contribution is 2.30. The molecule has 0 amide bonds. The smallest absolute Gasteiger partial charge is 0.00771 e. The Morgan fingerprint density at radius 3 is 2.91 bits per heavy atom. The maximum atomic E-state index is 5.46. The Kier molecular flexibility index (Phi) is 3.64. The minimum absolute atomic E-state index is 0.798. The quantitative estimate of drug-likeness (QED) is 0.619. The van der Waals surface area contributed by atoms with Crippen LogP contribution in [0.5, 0.6) is 0 Å². The molecule has 0 bridgehead atoms. The molecule has 0 radical (unpaired) electrons. The molecule has 1 heteroatoms. The van der Waals surface area contributed by atoms with Gasteiger partial charge in [-0.25, -0.2) is 0 Å². The van der Waals surface area contributed by atoms with Gasteiger partial charge < -0.3 is 5.73 Å². The van der Waals surface area contributed by atoms with E-state index < -0.39 is 0 Å². The van der Waals surface area contributed by atoms with Gasteiger partial charge in [0.15, 0.2) is 0 Å². The van der Waals surface area contributed by atoms with Crippen LogP contribution in [0, 0.1) is 5.92 Å². The van der Waals surface area contributed by atoms with Gasteiger partial charge in [0.1, 0.15) is 0 Å². The summed E-state index contributed by atoms with van der Waals surface area (Å²) in [6, 6.07) is 0. The Morgan fingerprint density at radius 1 is 1.45 bits per heavy atom. The average Bonchev–Trinajstić information content (AvgIpc) is 2.03. The van der Waals surface area contributed by atoms with Crippen LogP contribution in [-0.4, -0.2) is 6.54 Å². The van der Waals surface area contributed by atoms with E-state index in [2.05, 4.69) is 6.58 Å². The van der Waals surface area contributed by atoms with Crippen LogP contribution in [0.1, 0.15) is 38.5 Å². The van der Waals surface area contributed by atoms with Crippen molar-refractivity contribution in [3.8, 4) is 0 Å². The number of hydrogen-bond acceptors (Lipinski definition) is 1.